The number of hydrogen-bond acceptors (Lipinski definition) is 5. The lowest BCUT2D eigenvalue weighted by Crippen LogP contribution is -2.46. The number of hydrogen-bond donors (Lipinski definition) is 4. The number of rotatable bonds is 5. The summed E-state index contributed by atoms with van der Waals surface area (Å²) in [6, 6.07) is 15.5. The molecule has 0 unspecified atom stereocenters. The van der Waals surface area contributed by atoms with Gasteiger partial charge in [-0.1, -0.05) is 36.4 Å². The van der Waals surface area contributed by atoms with Gasteiger partial charge in [0.2, 0.25) is 0 Å². The molecule has 27 heavy (non-hydrogen) atoms. The number of piperidine rings is 1. The number of likely N-dealkylation sites (tertiary alicyclic amines) is 1. The fourth-order valence-electron chi connectivity index (χ4n) is 3.11. The third-order valence-corrected chi connectivity index (χ3v) is 4.80. The molecule has 0 bridgehead atoms. The first-order valence-electron chi connectivity index (χ1n) is 8.98. The van der Waals surface area contributed by atoms with Crippen LogP contribution in [0.3, 0.4) is 0 Å². The van der Waals surface area contributed by atoms with E-state index in [0.29, 0.717) is 16.7 Å². The second-order valence-corrected chi connectivity index (χ2v) is 7.00. The summed E-state index contributed by atoms with van der Waals surface area (Å²) in [5.41, 5.74) is 4.51. The topological polar surface area (TPSA) is 80.1 Å². The molecule has 0 amide bonds. The molecule has 0 spiro atoms. The summed E-state index contributed by atoms with van der Waals surface area (Å²) in [4.78, 5) is 2.45. The quantitative estimate of drug-likeness (QED) is 0.275. The van der Waals surface area contributed by atoms with Gasteiger partial charge in [-0.05, 0) is 42.8 Å². The fourth-order valence-corrected chi connectivity index (χ4v) is 3.33. The Bertz CT molecular complexity index is 790. The van der Waals surface area contributed by atoms with E-state index < -0.39 is 0 Å². The van der Waals surface area contributed by atoms with Crippen molar-refractivity contribution in [3.63, 3.8) is 0 Å². The Hall–Kier alpha value is -2.64. The molecule has 6 nitrogen and oxygen atoms in total. The van der Waals surface area contributed by atoms with Crippen molar-refractivity contribution < 1.29 is 10.2 Å². The Morgan fingerprint density at radius 3 is 2.59 bits per heavy atom. The molecule has 2 aromatic carbocycles. The van der Waals surface area contributed by atoms with Crippen LogP contribution in [-0.2, 0) is 6.54 Å². The molecule has 1 aliphatic heterocycles. The summed E-state index contributed by atoms with van der Waals surface area (Å²) in [5, 5.41) is 27.0. The van der Waals surface area contributed by atoms with Crippen LogP contribution in [0.25, 0.3) is 0 Å². The van der Waals surface area contributed by atoms with E-state index in [1.165, 1.54) is 17.8 Å². The third-order valence-electron chi connectivity index (χ3n) is 4.59. The predicted molar refractivity (Wildman–Crippen MR) is 111 cm³/mol. The van der Waals surface area contributed by atoms with Crippen LogP contribution in [0.1, 0.15) is 24.0 Å². The molecule has 142 valence electrons. The first kappa shape index (κ1) is 19.1. The number of thiocarbonyl (C=S) groups is 1. The number of nitrogens with zero attached hydrogens (tertiary/aromatic N) is 2. The summed E-state index contributed by atoms with van der Waals surface area (Å²) in [6.45, 7) is 3.03. The van der Waals surface area contributed by atoms with Crippen LogP contribution in [-0.4, -0.2) is 45.6 Å². The highest BCUT2D eigenvalue weighted by Crippen LogP contribution is 2.26. The number of phenolic OH excluding ortho intramolecular Hbond substituents is 2. The van der Waals surface area contributed by atoms with Crippen LogP contribution in [0.5, 0.6) is 11.5 Å². The molecule has 1 aliphatic rings. The van der Waals surface area contributed by atoms with E-state index in [1.54, 1.807) is 12.1 Å². The third kappa shape index (κ3) is 5.67. The van der Waals surface area contributed by atoms with Crippen LogP contribution < -0.4 is 10.7 Å². The Balaban J connectivity index is 1.40. The molecule has 2 aromatic rings. The molecule has 0 saturated carbocycles. The van der Waals surface area contributed by atoms with Gasteiger partial charge in [-0.3, -0.25) is 10.3 Å². The van der Waals surface area contributed by atoms with E-state index in [9.17, 15) is 10.2 Å². The average molecular weight is 385 g/mol. The van der Waals surface area contributed by atoms with Gasteiger partial charge in [0.25, 0.3) is 0 Å². The van der Waals surface area contributed by atoms with Crippen LogP contribution in [0, 0.1) is 0 Å². The predicted octanol–water partition coefficient (Wildman–Crippen LogP) is 2.56. The largest absolute Gasteiger partial charge is 0.504 e. The number of nitrogens with one attached hydrogen (secondary N) is 2. The summed E-state index contributed by atoms with van der Waals surface area (Å²) < 4.78 is 0. The van der Waals surface area contributed by atoms with Crippen LogP contribution in [0.15, 0.2) is 53.6 Å². The van der Waals surface area contributed by atoms with Crippen molar-refractivity contribution in [1.82, 2.24) is 15.6 Å². The molecular formula is C20H24N4O2S. The van der Waals surface area contributed by atoms with Gasteiger partial charge in [0.1, 0.15) is 0 Å². The minimum Gasteiger partial charge on any atom is -0.504 e. The molecule has 1 heterocycles. The molecule has 0 radical (unpaired) electrons. The maximum atomic E-state index is 9.73. The van der Waals surface area contributed by atoms with E-state index in [2.05, 4.69) is 45.0 Å². The fraction of sp³-hybridized carbons (Fsp3) is 0.300. The zero-order chi connectivity index (χ0) is 19.1. The van der Waals surface area contributed by atoms with Gasteiger partial charge in [0, 0.05) is 31.2 Å². The van der Waals surface area contributed by atoms with Gasteiger partial charge in [-0.15, -0.1) is 0 Å². The minimum atomic E-state index is -0.201. The van der Waals surface area contributed by atoms with Gasteiger partial charge in [0.05, 0.1) is 6.21 Å². The molecule has 0 atom stereocenters. The molecule has 1 saturated heterocycles. The van der Waals surface area contributed by atoms with Crippen molar-refractivity contribution >= 4 is 23.5 Å². The van der Waals surface area contributed by atoms with Crippen LogP contribution in [0.4, 0.5) is 0 Å². The van der Waals surface area contributed by atoms with Crippen molar-refractivity contribution in [1.29, 1.82) is 0 Å². The van der Waals surface area contributed by atoms with Gasteiger partial charge in [0.15, 0.2) is 16.6 Å². The Labute approximate surface area is 164 Å². The van der Waals surface area contributed by atoms with Crippen LogP contribution in [0.2, 0.25) is 0 Å². The lowest BCUT2D eigenvalue weighted by atomic mass is 10.0. The van der Waals surface area contributed by atoms with E-state index in [0.717, 1.165) is 32.5 Å². The van der Waals surface area contributed by atoms with Gasteiger partial charge >= 0.3 is 0 Å². The Morgan fingerprint density at radius 1 is 1.11 bits per heavy atom. The molecule has 0 aromatic heterocycles. The van der Waals surface area contributed by atoms with E-state index in [1.807, 2.05) is 6.07 Å². The second kappa shape index (κ2) is 9.34. The normalized spacial score (nSPS) is 15.7. The standard InChI is InChI=1S/C20H24N4O2S/c25-18-8-4-7-16(19(18)26)13-21-23-20(27)22-17-9-11-24(12-10-17)14-15-5-2-1-3-6-15/h1-8,13,17,25-26H,9-12,14H2,(H2,22,23,27)/b21-13+. The lowest BCUT2D eigenvalue weighted by molar-refractivity contribution is 0.199. The highest BCUT2D eigenvalue weighted by Gasteiger charge is 2.19. The van der Waals surface area contributed by atoms with Gasteiger partial charge in [-0.25, -0.2) is 0 Å². The first-order chi connectivity index (χ1) is 13.1. The van der Waals surface area contributed by atoms with Gasteiger partial charge in [-0.2, -0.15) is 5.10 Å². The van der Waals surface area contributed by atoms with Crippen molar-refractivity contribution in [2.24, 2.45) is 5.10 Å². The molecule has 3 rings (SSSR count). The number of para-hydroxylation sites is 1. The van der Waals surface area contributed by atoms with Crippen molar-refractivity contribution in [2.75, 3.05) is 13.1 Å². The van der Waals surface area contributed by atoms with E-state index in [4.69, 9.17) is 12.2 Å². The summed E-state index contributed by atoms with van der Waals surface area (Å²) in [6.07, 6.45) is 3.46. The average Bonchev–Trinajstić information content (AvgIpc) is 2.67. The number of phenols is 2. The van der Waals surface area contributed by atoms with Crippen molar-refractivity contribution in [3.8, 4) is 11.5 Å². The second-order valence-electron chi connectivity index (χ2n) is 6.59. The summed E-state index contributed by atoms with van der Waals surface area (Å²) in [7, 11) is 0. The van der Waals surface area contributed by atoms with E-state index in [-0.39, 0.29) is 11.5 Å². The van der Waals surface area contributed by atoms with Crippen molar-refractivity contribution in [3.05, 3.63) is 59.7 Å². The molecular weight excluding hydrogens is 360 g/mol. The minimum absolute atomic E-state index is 0.179. The SMILES string of the molecule is Oc1cccc(/C=N/NC(=S)NC2CCN(Cc3ccccc3)CC2)c1O. The maximum absolute atomic E-state index is 9.73. The number of benzene rings is 2. The van der Waals surface area contributed by atoms with E-state index >= 15 is 0 Å². The van der Waals surface area contributed by atoms with Crippen molar-refractivity contribution in [2.45, 2.75) is 25.4 Å². The lowest BCUT2D eigenvalue weighted by Gasteiger charge is -2.32. The molecule has 1 fully saturated rings. The number of hydrazone groups is 1. The molecule has 0 aliphatic carbocycles. The summed E-state index contributed by atoms with van der Waals surface area (Å²) in [5.74, 6) is -0.380. The Kier molecular flexibility index (Phi) is 6.62. The highest BCUT2D eigenvalue weighted by molar-refractivity contribution is 7.80. The highest BCUT2D eigenvalue weighted by atomic mass is 32.1. The van der Waals surface area contributed by atoms with Gasteiger partial charge < -0.3 is 15.5 Å². The zero-order valence-electron chi connectivity index (χ0n) is 15.0. The molecule has 7 heteroatoms. The van der Waals surface area contributed by atoms with Crippen LogP contribution >= 0.6 is 12.2 Å². The first-order valence-corrected chi connectivity index (χ1v) is 9.39. The number of aromatic hydroxyl groups is 2. The zero-order valence-corrected chi connectivity index (χ0v) is 15.8. The smallest absolute Gasteiger partial charge is 0.187 e. The summed E-state index contributed by atoms with van der Waals surface area (Å²) >= 11 is 5.28. The Morgan fingerprint density at radius 2 is 1.85 bits per heavy atom. The monoisotopic (exact) mass is 384 g/mol. The molecule has 4 N–H and O–H groups in total. The maximum Gasteiger partial charge on any atom is 0.187 e.